The summed E-state index contributed by atoms with van der Waals surface area (Å²) in [4.78, 5) is 18.5. The van der Waals surface area contributed by atoms with Crippen molar-refractivity contribution in [1.29, 1.82) is 0 Å². The van der Waals surface area contributed by atoms with Crippen LogP contribution >= 0.6 is 0 Å². The molecular formula is C18H26N6O2. The predicted molar refractivity (Wildman–Crippen MR) is 97.7 cm³/mol. The number of methoxy groups -OCH3 is 1. The molecule has 0 radical (unpaired) electrons. The van der Waals surface area contributed by atoms with Crippen molar-refractivity contribution in [2.75, 3.05) is 31.6 Å². The van der Waals surface area contributed by atoms with E-state index >= 15 is 0 Å². The largest absolute Gasteiger partial charge is 0.378 e. The quantitative estimate of drug-likeness (QED) is 0.740. The number of aromatic nitrogens is 4. The van der Waals surface area contributed by atoms with Gasteiger partial charge in [-0.15, -0.1) is 10.2 Å². The maximum atomic E-state index is 12.7. The highest BCUT2D eigenvalue weighted by atomic mass is 16.5. The highest BCUT2D eigenvalue weighted by molar-refractivity contribution is 5.93. The lowest BCUT2D eigenvalue weighted by atomic mass is 9.98. The van der Waals surface area contributed by atoms with Gasteiger partial charge >= 0.3 is 0 Å². The zero-order valence-corrected chi connectivity index (χ0v) is 15.4. The summed E-state index contributed by atoms with van der Waals surface area (Å²) >= 11 is 0. The van der Waals surface area contributed by atoms with Crippen LogP contribution in [0.4, 0.5) is 5.69 Å². The summed E-state index contributed by atoms with van der Waals surface area (Å²) in [6.07, 6.45) is 2.74. The first-order chi connectivity index (χ1) is 12.7. The van der Waals surface area contributed by atoms with E-state index in [2.05, 4.69) is 20.3 Å². The van der Waals surface area contributed by atoms with Crippen molar-refractivity contribution in [3.8, 4) is 0 Å². The zero-order valence-electron chi connectivity index (χ0n) is 15.4. The van der Waals surface area contributed by atoms with Gasteiger partial charge in [-0.1, -0.05) is 25.1 Å². The number of nitrogens with zero attached hydrogens (tertiary/aromatic N) is 6. The molecule has 1 amide bonds. The molecule has 0 N–H and O–H groups in total. The number of hydrogen-bond acceptors (Lipinski definition) is 6. The monoisotopic (exact) mass is 358 g/mol. The second kappa shape index (κ2) is 8.86. The van der Waals surface area contributed by atoms with Gasteiger partial charge in [-0.05, 0) is 23.8 Å². The molecule has 0 bridgehead atoms. The molecule has 0 spiro atoms. The Kier molecular flexibility index (Phi) is 6.30. The number of piperidine rings is 1. The molecule has 0 saturated carbocycles. The van der Waals surface area contributed by atoms with Crippen molar-refractivity contribution < 1.29 is 9.53 Å². The van der Waals surface area contributed by atoms with Crippen LogP contribution in [0.2, 0.25) is 0 Å². The van der Waals surface area contributed by atoms with Crippen LogP contribution in [0, 0.1) is 0 Å². The van der Waals surface area contributed by atoms with Crippen molar-refractivity contribution in [3.63, 3.8) is 0 Å². The highest BCUT2D eigenvalue weighted by Crippen LogP contribution is 2.26. The van der Waals surface area contributed by atoms with Gasteiger partial charge in [-0.25, -0.2) is 0 Å². The maximum Gasteiger partial charge on any atom is 0.227 e. The summed E-state index contributed by atoms with van der Waals surface area (Å²) in [5, 5.41) is 11.7. The van der Waals surface area contributed by atoms with Crippen LogP contribution in [-0.4, -0.2) is 69.9 Å². The van der Waals surface area contributed by atoms with Crippen LogP contribution in [0.5, 0.6) is 0 Å². The van der Waals surface area contributed by atoms with Crippen LogP contribution in [0.25, 0.3) is 0 Å². The number of benzene rings is 1. The third-order valence-corrected chi connectivity index (χ3v) is 4.86. The second-order valence-corrected chi connectivity index (χ2v) is 6.42. The molecule has 140 valence electrons. The average Bonchev–Trinajstić information content (AvgIpc) is 3.21. The topological polar surface area (TPSA) is 76.4 Å². The van der Waals surface area contributed by atoms with Crippen molar-refractivity contribution in [3.05, 3.63) is 36.7 Å². The van der Waals surface area contributed by atoms with Gasteiger partial charge < -0.3 is 9.64 Å². The summed E-state index contributed by atoms with van der Waals surface area (Å²) in [5.41, 5.74) is 0.937. The number of anilines is 1. The lowest BCUT2D eigenvalue weighted by Crippen LogP contribution is -2.57. The second-order valence-electron chi connectivity index (χ2n) is 6.42. The number of hydrogen-bond donors (Lipinski definition) is 0. The molecule has 2 heterocycles. The van der Waals surface area contributed by atoms with Crippen LogP contribution in [0.3, 0.4) is 0 Å². The fourth-order valence-corrected chi connectivity index (χ4v) is 3.50. The zero-order chi connectivity index (χ0) is 18.4. The van der Waals surface area contributed by atoms with Crippen LogP contribution in [0.1, 0.15) is 19.8 Å². The van der Waals surface area contributed by atoms with E-state index in [4.69, 9.17) is 4.74 Å². The maximum absolute atomic E-state index is 12.7. The van der Waals surface area contributed by atoms with Gasteiger partial charge in [0.25, 0.3) is 0 Å². The Bertz CT molecular complexity index is 678. The molecular weight excluding hydrogens is 332 g/mol. The molecule has 8 heteroatoms. The van der Waals surface area contributed by atoms with E-state index in [1.165, 1.54) is 6.33 Å². The number of rotatable bonds is 7. The molecule has 1 aliphatic rings. The molecule has 26 heavy (non-hydrogen) atoms. The Labute approximate surface area is 153 Å². The number of tetrazole rings is 1. The molecule has 1 saturated heterocycles. The number of ether oxygens (including phenoxy) is 1. The van der Waals surface area contributed by atoms with Gasteiger partial charge in [-0.2, -0.15) is 4.80 Å². The Morgan fingerprint density at radius 1 is 1.31 bits per heavy atom. The standard InChI is InChI=1S/C18H26N6O2/c1-3-18(25)24(15-7-5-4-6-8-15)16-9-10-22(13-17(16)26-2)11-12-23-20-14-19-21-23/h4-8,14,16-17H,3,9-13H2,1-2H3/t16-,17+/m0/s1. The van der Waals surface area contributed by atoms with Gasteiger partial charge in [0.2, 0.25) is 5.91 Å². The first-order valence-electron chi connectivity index (χ1n) is 9.06. The van der Waals surface area contributed by atoms with Gasteiger partial charge in [0, 0.05) is 38.9 Å². The number of para-hydroxylation sites is 1. The summed E-state index contributed by atoms with van der Waals surface area (Å²) in [7, 11) is 1.72. The summed E-state index contributed by atoms with van der Waals surface area (Å²) < 4.78 is 5.78. The van der Waals surface area contributed by atoms with E-state index < -0.39 is 0 Å². The van der Waals surface area contributed by atoms with Gasteiger partial charge in [0.15, 0.2) is 6.33 Å². The first kappa shape index (κ1) is 18.5. The van der Waals surface area contributed by atoms with E-state index in [9.17, 15) is 4.79 Å². The van der Waals surface area contributed by atoms with Gasteiger partial charge in [0.1, 0.15) is 0 Å². The molecule has 0 aliphatic carbocycles. The fourth-order valence-electron chi connectivity index (χ4n) is 3.50. The molecule has 0 unspecified atom stereocenters. The minimum absolute atomic E-state index is 0.0376. The summed E-state index contributed by atoms with van der Waals surface area (Å²) in [6, 6.07) is 9.91. The Balaban J connectivity index is 1.69. The molecule has 2 atom stereocenters. The van der Waals surface area contributed by atoms with E-state index in [1.54, 1.807) is 11.9 Å². The van der Waals surface area contributed by atoms with E-state index in [1.807, 2.05) is 42.2 Å². The highest BCUT2D eigenvalue weighted by Gasteiger charge is 2.36. The molecule has 8 nitrogen and oxygen atoms in total. The smallest absolute Gasteiger partial charge is 0.227 e. The Hall–Kier alpha value is -2.32. The van der Waals surface area contributed by atoms with Crippen molar-refractivity contribution in [2.45, 2.75) is 38.5 Å². The van der Waals surface area contributed by atoms with Crippen LogP contribution < -0.4 is 4.90 Å². The Morgan fingerprint density at radius 2 is 2.12 bits per heavy atom. The summed E-state index contributed by atoms with van der Waals surface area (Å²) in [5.74, 6) is 0.128. The molecule has 1 aliphatic heterocycles. The van der Waals surface area contributed by atoms with E-state index in [-0.39, 0.29) is 18.1 Å². The molecule has 1 aromatic heterocycles. The van der Waals surface area contributed by atoms with Crippen molar-refractivity contribution in [1.82, 2.24) is 25.1 Å². The number of carbonyl (C=O) groups is 1. The minimum atomic E-state index is -0.0387. The van der Waals surface area contributed by atoms with Gasteiger partial charge in [-0.3, -0.25) is 9.69 Å². The fraction of sp³-hybridized carbons (Fsp3) is 0.556. The van der Waals surface area contributed by atoms with Gasteiger partial charge in [0.05, 0.1) is 18.7 Å². The molecule has 2 aromatic rings. The van der Waals surface area contributed by atoms with Crippen molar-refractivity contribution in [2.24, 2.45) is 0 Å². The van der Waals surface area contributed by atoms with E-state index in [0.717, 1.165) is 31.7 Å². The van der Waals surface area contributed by atoms with Crippen molar-refractivity contribution >= 4 is 11.6 Å². The predicted octanol–water partition coefficient (Wildman–Crippen LogP) is 1.21. The number of carbonyl (C=O) groups excluding carboxylic acids is 1. The van der Waals surface area contributed by atoms with Crippen LogP contribution in [-0.2, 0) is 16.1 Å². The molecule has 3 rings (SSSR count). The normalized spacial score (nSPS) is 20.8. The third-order valence-electron chi connectivity index (χ3n) is 4.86. The third kappa shape index (κ3) is 4.25. The lowest BCUT2D eigenvalue weighted by molar-refractivity contribution is -0.120. The molecule has 1 aromatic carbocycles. The summed E-state index contributed by atoms with van der Waals surface area (Å²) in [6.45, 7) is 5.10. The number of amides is 1. The minimum Gasteiger partial charge on any atom is -0.378 e. The first-order valence-corrected chi connectivity index (χ1v) is 9.06. The lowest BCUT2D eigenvalue weighted by Gasteiger charge is -2.43. The molecule has 1 fully saturated rings. The average molecular weight is 358 g/mol. The SMILES string of the molecule is CCC(=O)N(c1ccccc1)[C@H]1CCN(CCn2ncnn2)C[C@H]1OC. The Morgan fingerprint density at radius 3 is 2.77 bits per heavy atom. The van der Waals surface area contributed by atoms with E-state index in [0.29, 0.717) is 13.0 Å². The number of likely N-dealkylation sites (tertiary alicyclic amines) is 1. The van der Waals surface area contributed by atoms with Crippen LogP contribution in [0.15, 0.2) is 36.7 Å².